The zero-order valence-electron chi connectivity index (χ0n) is 16.1. The molecule has 2 aromatic carbocycles. The minimum atomic E-state index is -0.425. The summed E-state index contributed by atoms with van der Waals surface area (Å²) < 4.78 is 13.9. The molecule has 1 amide bonds. The van der Waals surface area contributed by atoms with Crippen molar-refractivity contribution in [2.45, 2.75) is 13.8 Å². The third-order valence-electron chi connectivity index (χ3n) is 4.81. The number of para-hydroxylation sites is 1. The van der Waals surface area contributed by atoms with Gasteiger partial charge in [-0.25, -0.2) is 4.39 Å². The first-order valence-electron chi connectivity index (χ1n) is 9.22. The number of carbonyl (C=O) groups is 1. The number of rotatable bonds is 4. The van der Waals surface area contributed by atoms with Crippen molar-refractivity contribution in [3.63, 3.8) is 0 Å². The van der Waals surface area contributed by atoms with Gasteiger partial charge in [0.2, 0.25) is 0 Å². The highest BCUT2D eigenvalue weighted by Gasteiger charge is 2.19. The maximum absolute atomic E-state index is 13.9. The van der Waals surface area contributed by atoms with E-state index in [1.54, 1.807) is 18.3 Å². The second-order valence-electron chi connectivity index (χ2n) is 6.90. The molecule has 0 aromatic heterocycles. The largest absolute Gasteiger partial charge is 0.373 e. The number of benzene rings is 2. The van der Waals surface area contributed by atoms with E-state index in [1.807, 2.05) is 54.0 Å². The van der Waals surface area contributed by atoms with E-state index in [2.05, 4.69) is 5.32 Å². The van der Waals surface area contributed by atoms with Gasteiger partial charge in [-0.2, -0.15) is 5.26 Å². The van der Waals surface area contributed by atoms with Gasteiger partial charge in [-0.15, -0.1) is 0 Å². The number of hydrogen-bond donors (Lipinski definition) is 1. The lowest BCUT2D eigenvalue weighted by molar-refractivity contribution is -0.112. The van der Waals surface area contributed by atoms with Crippen molar-refractivity contribution < 1.29 is 9.18 Å². The van der Waals surface area contributed by atoms with Crippen molar-refractivity contribution in [1.29, 1.82) is 5.26 Å². The number of aryl methyl sites for hydroxylation is 2. The van der Waals surface area contributed by atoms with Crippen molar-refractivity contribution in [2.75, 3.05) is 36.4 Å². The molecule has 0 saturated carbocycles. The number of piperazine rings is 1. The second kappa shape index (κ2) is 8.57. The highest BCUT2D eigenvalue weighted by Crippen LogP contribution is 2.21. The van der Waals surface area contributed by atoms with Gasteiger partial charge in [-0.05, 0) is 37.6 Å². The Bertz CT molecular complexity index is 940. The van der Waals surface area contributed by atoms with E-state index < -0.39 is 5.91 Å². The number of hydrogen-bond acceptors (Lipinski definition) is 4. The van der Waals surface area contributed by atoms with Crippen molar-refractivity contribution in [2.24, 2.45) is 0 Å². The molecule has 5 nitrogen and oxygen atoms in total. The van der Waals surface area contributed by atoms with Crippen molar-refractivity contribution in [3.05, 3.63) is 71.2 Å². The van der Waals surface area contributed by atoms with Gasteiger partial charge in [-0.1, -0.05) is 29.8 Å². The minimum absolute atomic E-state index is 0.0549. The molecule has 0 spiro atoms. The Balaban J connectivity index is 1.64. The predicted molar refractivity (Wildman–Crippen MR) is 108 cm³/mol. The number of nitrogens with zero attached hydrogens (tertiary/aromatic N) is 3. The molecule has 2 aromatic rings. The van der Waals surface area contributed by atoms with Crippen LogP contribution in [0.25, 0.3) is 0 Å². The molecule has 1 aliphatic heterocycles. The summed E-state index contributed by atoms with van der Waals surface area (Å²) in [5.74, 6) is -0.664. The van der Waals surface area contributed by atoms with Crippen LogP contribution in [-0.4, -0.2) is 37.0 Å². The summed E-state index contributed by atoms with van der Waals surface area (Å²) in [7, 11) is 0. The third kappa shape index (κ3) is 4.49. The van der Waals surface area contributed by atoms with E-state index in [-0.39, 0.29) is 11.4 Å². The molecule has 0 radical (unpaired) electrons. The lowest BCUT2D eigenvalue weighted by Gasteiger charge is -2.35. The minimum Gasteiger partial charge on any atom is -0.373 e. The first-order chi connectivity index (χ1) is 13.5. The summed E-state index contributed by atoms with van der Waals surface area (Å²) in [5.41, 5.74) is 3.39. The van der Waals surface area contributed by atoms with Crippen molar-refractivity contribution in [3.8, 4) is 6.07 Å². The zero-order valence-corrected chi connectivity index (χ0v) is 16.1. The van der Waals surface area contributed by atoms with E-state index >= 15 is 0 Å². The van der Waals surface area contributed by atoms with Crippen LogP contribution in [0.2, 0.25) is 0 Å². The molecule has 3 rings (SSSR count). The summed E-state index contributed by atoms with van der Waals surface area (Å²) >= 11 is 0. The van der Waals surface area contributed by atoms with Gasteiger partial charge < -0.3 is 15.1 Å². The van der Waals surface area contributed by atoms with Gasteiger partial charge in [0.1, 0.15) is 17.5 Å². The number of halogens is 1. The molecule has 1 N–H and O–H groups in total. The number of nitriles is 1. The van der Waals surface area contributed by atoms with Gasteiger partial charge in [0.25, 0.3) is 5.91 Å². The average molecular weight is 378 g/mol. The van der Waals surface area contributed by atoms with E-state index in [0.29, 0.717) is 37.6 Å². The molecular formula is C22H23FN4O. The number of anilines is 2. The topological polar surface area (TPSA) is 59.4 Å². The Morgan fingerprint density at radius 3 is 2.50 bits per heavy atom. The predicted octanol–water partition coefficient (Wildman–Crippen LogP) is 3.61. The lowest BCUT2D eigenvalue weighted by atomic mass is 10.1. The van der Waals surface area contributed by atoms with Crippen molar-refractivity contribution >= 4 is 17.3 Å². The highest BCUT2D eigenvalue weighted by atomic mass is 19.1. The summed E-state index contributed by atoms with van der Waals surface area (Å²) in [5, 5.41) is 12.2. The Hall–Kier alpha value is -3.33. The normalized spacial score (nSPS) is 14.6. The van der Waals surface area contributed by atoms with Crippen LogP contribution < -0.4 is 10.2 Å². The summed E-state index contributed by atoms with van der Waals surface area (Å²) in [4.78, 5) is 16.4. The monoisotopic (exact) mass is 378 g/mol. The van der Waals surface area contributed by atoms with Gasteiger partial charge in [0.05, 0.1) is 5.69 Å². The van der Waals surface area contributed by atoms with Crippen LogP contribution in [0.15, 0.2) is 54.2 Å². The molecule has 1 fully saturated rings. The van der Waals surface area contributed by atoms with Crippen molar-refractivity contribution in [1.82, 2.24) is 4.90 Å². The zero-order chi connectivity index (χ0) is 20.1. The van der Waals surface area contributed by atoms with Crippen LogP contribution in [-0.2, 0) is 4.79 Å². The van der Waals surface area contributed by atoms with Crippen LogP contribution in [0.1, 0.15) is 11.1 Å². The smallest absolute Gasteiger partial charge is 0.267 e. The van der Waals surface area contributed by atoms with Gasteiger partial charge >= 0.3 is 0 Å². The maximum atomic E-state index is 13.9. The molecule has 0 atom stereocenters. The van der Waals surface area contributed by atoms with E-state index in [1.165, 1.54) is 6.07 Å². The molecule has 0 unspecified atom stereocenters. The first kappa shape index (κ1) is 19.4. The fourth-order valence-electron chi connectivity index (χ4n) is 3.26. The Morgan fingerprint density at radius 1 is 1.14 bits per heavy atom. The summed E-state index contributed by atoms with van der Waals surface area (Å²) in [6, 6.07) is 14.4. The Kier molecular flexibility index (Phi) is 5.95. The standard InChI is InChI=1S/C22H23FN4O/c1-16-7-8-20(17(2)13-16)25-22(28)18(14-24)15-26-9-11-27(12-10-26)21-6-4-3-5-19(21)23/h3-8,13,15H,9-12H2,1-2H3,(H,25,28)/b18-15-. The fraction of sp³-hybridized carbons (Fsp3) is 0.273. The quantitative estimate of drug-likeness (QED) is 0.652. The molecular weight excluding hydrogens is 355 g/mol. The molecule has 1 saturated heterocycles. The second-order valence-corrected chi connectivity index (χ2v) is 6.90. The molecule has 0 aliphatic carbocycles. The van der Waals surface area contributed by atoms with Crippen LogP contribution in [0.5, 0.6) is 0 Å². The molecule has 1 aliphatic rings. The molecule has 144 valence electrons. The third-order valence-corrected chi connectivity index (χ3v) is 4.81. The molecule has 6 heteroatoms. The van der Waals surface area contributed by atoms with Crippen LogP contribution >= 0.6 is 0 Å². The Labute approximate surface area is 164 Å². The first-order valence-corrected chi connectivity index (χ1v) is 9.22. The van der Waals surface area contributed by atoms with Gasteiger partial charge in [0.15, 0.2) is 0 Å². The molecule has 0 bridgehead atoms. The number of nitrogens with one attached hydrogen (secondary N) is 1. The van der Waals surface area contributed by atoms with Crippen LogP contribution in [0, 0.1) is 31.0 Å². The number of carbonyl (C=O) groups excluding carboxylic acids is 1. The van der Waals surface area contributed by atoms with Gasteiger partial charge in [0, 0.05) is 38.1 Å². The van der Waals surface area contributed by atoms with E-state index in [0.717, 1.165) is 11.1 Å². The van der Waals surface area contributed by atoms with E-state index in [4.69, 9.17) is 0 Å². The summed E-state index contributed by atoms with van der Waals surface area (Å²) in [6.07, 6.45) is 1.59. The van der Waals surface area contributed by atoms with Crippen LogP contribution in [0.4, 0.5) is 15.8 Å². The molecule has 28 heavy (non-hydrogen) atoms. The Morgan fingerprint density at radius 2 is 1.86 bits per heavy atom. The summed E-state index contributed by atoms with van der Waals surface area (Å²) in [6.45, 7) is 6.36. The fourth-order valence-corrected chi connectivity index (χ4v) is 3.26. The lowest BCUT2D eigenvalue weighted by Crippen LogP contribution is -2.44. The highest BCUT2D eigenvalue weighted by molar-refractivity contribution is 6.06. The number of amides is 1. The van der Waals surface area contributed by atoms with Crippen LogP contribution in [0.3, 0.4) is 0 Å². The SMILES string of the molecule is Cc1ccc(NC(=O)/C(C#N)=C\N2CCN(c3ccccc3F)CC2)c(C)c1. The molecule has 1 heterocycles. The van der Waals surface area contributed by atoms with Gasteiger partial charge in [-0.3, -0.25) is 4.79 Å². The maximum Gasteiger partial charge on any atom is 0.267 e. The average Bonchev–Trinajstić information content (AvgIpc) is 2.69. The van der Waals surface area contributed by atoms with E-state index in [9.17, 15) is 14.4 Å².